The molecule has 1 amide bonds. The van der Waals surface area contributed by atoms with E-state index in [1.54, 1.807) is 19.1 Å². The molecule has 0 N–H and O–H groups in total. The van der Waals surface area contributed by atoms with Crippen LogP contribution in [0.15, 0.2) is 53.7 Å². The molecule has 0 fully saturated rings. The van der Waals surface area contributed by atoms with Crippen LogP contribution in [0, 0.1) is 0 Å². The SMILES string of the molecule is COCC(=O)N(Cc1ccccc1)CC1CC(c2ccc(OC)c(OC)c2)=NO1. The summed E-state index contributed by atoms with van der Waals surface area (Å²) in [5, 5.41) is 4.23. The second-order valence-electron chi connectivity index (χ2n) is 6.73. The van der Waals surface area contributed by atoms with Crippen LogP contribution in [0.2, 0.25) is 0 Å². The Morgan fingerprint density at radius 2 is 1.86 bits per heavy atom. The maximum Gasteiger partial charge on any atom is 0.248 e. The number of benzene rings is 2. The molecule has 1 aliphatic rings. The third kappa shape index (κ3) is 5.26. The predicted octanol–water partition coefficient (Wildman–Crippen LogP) is 2.87. The molecule has 0 saturated carbocycles. The topological polar surface area (TPSA) is 69.6 Å². The lowest BCUT2D eigenvalue weighted by Gasteiger charge is -2.24. The average Bonchev–Trinajstić information content (AvgIpc) is 3.22. The van der Waals surface area contributed by atoms with E-state index in [0.717, 1.165) is 16.8 Å². The molecule has 7 nitrogen and oxygen atoms in total. The molecular formula is C22H26N2O5. The van der Waals surface area contributed by atoms with Gasteiger partial charge in [0.25, 0.3) is 0 Å². The lowest BCUT2D eigenvalue weighted by molar-refractivity contribution is -0.137. The van der Waals surface area contributed by atoms with Gasteiger partial charge in [0.05, 0.1) is 26.5 Å². The second-order valence-corrected chi connectivity index (χ2v) is 6.73. The number of nitrogens with zero attached hydrogens (tertiary/aromatic N) is 2. The Kier molecular flexibility index (Phi) is 7.08. The van der Waals surface area contributed by atoms with Crippen LogP contribution < -0.4 is 9.47 Å². The van der Waals surface area contributed by atoms with Gasteiger partial charge in [-0.1, -0.05) is 35.5 Å². The molecule has 154 valence electrons. The van der Waals surface area contributed by atoms with Crippen LogP contribution in [0.1, 0.15) is 17.5 Å². The number of hydrogen-bond donors (Lipinski definition) is 0. The third-order valence-electron chi connectivity index (χ3n) is 4.71. The number of hydrogen-bond acceptors (Lipinski definition) is 6. The van der Waals surface area contributed by atoms with E-state index in [-0.39, 0.29) is 18.6 Å². The van der Waals surface area contributed by atoms with E-state index in [1.165, 1.54) is 7.11 Å². The van der Waals surface area contributed by atoms with Crippen molar-refractivity contribution in [2.24, 2.45) is 5.16 Å². The number of ether oxygens (including phenoxy) is 3. The molecule has 2 aromatic carbocycles. The number of methoxy groups -OCH3 is 3. The molecule has 1 heterocycles. The maximum atomic E-state index is 12.5. The van der Waals surface area contributed by atoms with Gasteiger partial charge in [0.1, 0.15) is 6.61 Å². The highest BCUT2D eigenvalue weighted by Gasteiger charge is 2.27. The van der Waals surface area contributed by atoms with E-state index < -0.39 is 0 Å². The molecule has 1 atom stereocenters. The van der Waals surface area contributed by atoms with E-state index in [4.69, 9.17) is 19.0 Å². The number of amides is 1. The van der Waals surface area contributed by atoms with Crippen LogP contribution in [-0.4, -0.2) is 57.1 Å². The van der Waals surface area contributed by atoms with Crippen molar-refractivity contribution >= 4 is 11.6 Å². The fourth-order valence-electron chi connectivity index (χ4n) is 3.23. The van der Waals surface area contributed by atoms with Gasteiger partial charge in [-0.2, -0.15) is 0 Å². The molecule has 0 saturated heterocycles. The van der Waals surface area contributed by atoms with Crippen LogP contribution >= 0.6 is 0 Å². The molecule has 0 radical (unpaired) electrons. The molecular weight excluding hydrogens is 372 g/mol. The number of oxime groups is 1. The molecule has 0 aromatic heterocycles. The Labute approximate surface area is 170 Å². The van der Waals surface area contributed by atoms with Crippen molar-refractivity contribution in [1.29, 1.82) is 0 Å². The van der Waals surface area contributed by atoms with Crippen LogP contribution in [-0.2, 0) is 20.9 Å². The highest BCUT2D eigenvalue weighted by atomic mass is 16.6. The fourth-order valence-corrected chi connectivity index (χ4v) is 3.23. The Bertz CT molecular complexity index is 854. The van der Waals surface area contributed by atoms with Crippen molar-refractivity contribution in [1.82, 2.24) is 4.90 Å². The minimum atomic E-state index is -0.220. The van der Waals surface area contributed by atoms with E-state index in [9.17, 15) is 4.79 Å². The molecule has 0 spiro atoms. The van der Waals surface area contributed by atoms with Crippen LogP contribution in [0.3, 0.4) is 0 Å². The summed E-state index contributed by atoms with van der Waals surface area (Å²) in [6.07, 6.45) is 0.378. The van der Waals surface area contributed by atoms with Gasteiger partial charge >= 0.3 is 0 Å². The van der Waals surface area contributed by atoms with Gasteiger partial charge in [-0.3, -0.25) is 4.79 Å². The Balaban J connectivity index is 1.67. The first kappa shape index (κ1) is 20.7. The summed E-state index contributed by atoms with van der Waals surface area (Å²) < 4.78 is 15.7. The van der Waals surface area contributed by atoms with Crippen LogP contribution in [0.5, 0.6) is 11.5 Å². The first-order chi connectivity index (χ1) is 14.1. The van der Waals surface area contributed by atoms with E-state index >= 15 is 0 Å². The zero-order valence-corrected chi connectivity index (χ0v) is 17.0. The average molecular weight is 398 g/mol. The molecule has 0 bridgehead atoms. The molecule has 0 aliphatic carbocycles. The minimum absolute atomic E-state index is 0.0307. The van der Waals surface area contributed by atoms with Gasteiger partial charge in [-0.05, 0) is 23.8 Å². The summed E-state index contributed by atoms with van der Waals surface area (Å²) in [5.41, 5.74) is 2.77. The first-order valence-corrected chi connectivity index (χ1v) is 9.40. The summed E-state index contributed by atoms with van der Waals surface area (Å²) in [6.45, 7) is 0.953. The summed E-state index contributed by atoms with van der Waals surface area (Å²) in [7, 11) is 4.71. The zero-order valence-electron chi connectivity index (χ0n) is 17.0. The van der Waals surface area contributed by atoms with Crippen molar-refractivity contribution in [2.75, 3.05) is 34.5 Å². The lowest BCUT2D eigenvalue weighted by atomic mass is 10.0. The normalized spacial score (nSPS) is 15.4. The van der Waals surface area contributed by atoms with Crippen LogP contribution in [0.25, 0.3) is 0 Å². The highest BCUT2D eigenvalue weighted by molar-refractivity contribution is 6.01. The molecule has 1 unspecified atom stereocenters. The van der Waals surface area contributed by atoms with Crippen molar-refractivity contribution in [3.63, 3.8) is 0 Å². The Hall–Kier alpha value is -3.06. The van der Waals surface area contributed by atoms with Gasteiger partial charge < -0.3 is 23.9 Å². The smallest absolute Gasteiger partial charge is 0.248 e. The van der Waals surface area contributed by atoms with Gasteiger partial charge in [-0.15, -0.1) is 0 Å². The Morgan fingerprint density at radius 3 is 2.55 bits per heavy atom. The van der Waals surface area contributed by atoms with Crippen molar-refractivity contribution in [3.8, 4) is 11.5 Å². The largest absolute Gasteiger partial charge is 0.493 e. The molecule has 2 aromatic rings. The van der Waals surface area contributed by atoms with Gasteiger partial charge in [0, 0.05) is 25.6 Å². The quantitative estimate of drug-likeness (QED) is 0.650. The number of carbonyl (C=O) groups is 1. The second kappa shape index (κ2) is 9.93. The zero-order chi connectivity index (χ0) is 20.6. The van der Waals surface area contributed by atoms with E-state index in [2.05, 4.69) is 5.16 Å². The molecule has 3 rings (SSSR count). The summed E-state index contributed by atoms with van der Waals surface area (Å²) in [5.74, 6) is 1.21. The van der Waals surface area contributed by atoms with Gasteiger partial charge in [-0.25, -0.2) is 0 Å². The molecule has 7 heteroatoms. The van der Waals surface area contributed by atoms with Crippen molar-refractivity contribution in [2.45, 2.75) is 19.1 Å². The lowest BCUT2D eigenvalue weighted by Crippen LogP contribution is -2.39. The maximum absolute atomic E-state index is 12.5. The van der Waals surface area contributed by atoms with Crippen molar-refractivity contribution < 1.29 is 23.8 Å². The van der Waals surface area contributed by atoms with Gasteiger partial charge in [0.15, 0.2) is 17.6 Å². The minimum Gasteiger partial charge on any atom is -0.493 e. The first-order valence-electron chi connectivity index (χ1n) is 9.40. The third-order valence-corrected chi connectivity index (χ3v) is 4.71. The Morgan fingerprint density at radius 1 is 1.10 bits per heavy atom. The van der Waals surface area contributed by atoms with Crippen LogP contribution in [0.4, 0.5) is 0 Å². The standard InChI is InChI=1S/C22H26N2O5/c1-26-15-22(25)24(13-16-7-5-4-6-8-16)14-18-12-19(23-29-18)17-9-10-20(27-2)21(11-17)28-3/h4-11,18H,12-15H2,1-3H3. The van der Waals surface area contributed by atoms with Crippen molar-refractivity contribution in [3.05, 3.63) is 59.7 Å². The summed E-state index contributed by atoms with van der Waals surface area (Å²) >= 11 is 0. The summed E-state index contributed by atoms with van der Waals surface area (Å²) in [6, 6.07) is 15.5. The van der Waals surface area contributed by atoms with E-state index in [0.29, 0.717) is 31.0 Å². The monoisotopic (exact) mass is 398 g/mol. The molecule has 29 heavy (non-hydrogen) atoms. The fraction of sp³-hybridized carbons (Fsp3) is 0.364. The summed E-state index contributed by atoms with van der Waals surface area (Å²) in [4.78, 5) is 19.9. The van der Waals surface area contributed by atoms with Gasteiger partial charge in [0.2, 0.25) is 5.91 Å². The number of carbonyl (C=O) groups excluding carboxylic acids is 1. The predicted molar refractivity (Wildman–Crippen MR) is 109 cm³/mol. The van der Waals surface area contributed by atoms with E-state index in [1.807, 2.05) is 48.5 Å². The highest BCUT2D eigenvalue weighted by Crippen LogP contribution is 2.29. The number of rotatable bonds is 9. The molecule has 1 aliphatic heterocycles.